The highest BCUT2D eigenvalue weighted by Crippen LogP contribution is 2.40. The fourth-order valence-electron chi connectivity index (χ4n) is 3.20. The van der Waals surface area contributed by atoms with E-state index in [9.17, 15) is 27.2 Å². The Balaban J connectivity index is 2.04. The average molecular weight is 468 g/mol. The van der Waals surface area contributed by atoms with Crippen LogP contribution in [0.2, 0.25) is 0 Å². The van der Waals surface area contributed by atoms with Crippen molar-refractivity contribution in [3.63, 3.8) is 0 Å². The van der Waals surface area contributed by atoms with Gasteiger partial charge in [0.05, 0.1) is 18.0 Å². The summed E-state index contributed by atoms with van der Waals surface area (Å²) in [4.78, 5) is 32.7. The lowest BCUT2D eigenvalue weighted by Crippen LogP contribution is -2.32. The van der Waals surface area contributed by atoms with E-state index < -0.39 is 48.4 Å². The van der Waals surface area contributed by atoms with Crippen molar-refractivity contribution in [1.82, 2.24) is 9.97 Å². The van der Waals surface area contributed by atoms with Crippen molar-refractivity contribution < 1.29 is 36.6 Å². The minimum absolute atomic E-state index is 0.0311. The molecule has 1 aliphatic heterocycles. The number of nitrogens with two attached hydrogens (primary N) is 1. The molecule has 1 atom stereocenters. The summed E-state index contributed by atoms with van der Waals surface area (Å²) in [6.45, 7) is -1.00. The molecule has 176 valence electrons. The third-order valence-corrected chi connectivity index (χ3v) is 4.72. The summed E-state index contributed by atoms with van der Waals surface area (Å²) in [5.74, 6) is -6.96. The molecule has 1 aliphatic rings. The van der Waals surface area contributed by atoms with Crippen LogP contribution in [0.5, 0.6) is 0 Å². The molecule has 0 saturated carbocycles. The van der Waals surface area contributed by atoms with Crippen molar-refractivity contribution >= 4 is 17.4 Å². The molecular formula is C21H20F4N4O4. The first kappa shape index (κ1) is 24.3. The van der Waals surface area contributed by atoms with Crippen LogP contribution in [0.3, 0.4) is 0 Å². The molecule has 1 aromatic heterocycles. The number of nitrogens with one attached hydrogen (secondary N) is 1. The lowest BCUT2D eigenvalue weighted by molar-refractivity contribution is -0.146. The van der Waals surface area contributed by atoms with E-state index in [2.05, 4.69) is 15.3 Å². The molecule has 1 fully saturated rings. The number of ether oxygens (including phenoxy) is 2. The maximum absolute atomic E-state index is 14.5. The van der Waals surface area contributed by atoms with Crippen LogP contribution in [-0.4, -0.2) is 47.9 Å². The van der Waals surface area contributed by atoms with Gasteiger partial charge in [-0.3, -0.25) is 9.59 Å². The Kier molecular flexibility index (Phi) is 7.39. The van der Waals surface area contributed by atoms with E-state index in [4.69, 9.17) is 15.2 Å². The zero-order chi connectivity index (χ0) is 24.2. The average Bonchev–Trinajstić information content (AvgIpc) is 2.76. The third kappa shape index (κ3) is 5.90. The second-order valence-electron chi connectivity index (χ2n) is 7.27. The maximum Gasteiger partial charge on any atom is 0.296 e. The van der Waals surface area contributed by atoms with Crippen molar-refractivity contribution in [3.8, 4) is 11.3 Å². The van der Waals surface area contributed by atoms with E-state index in [1.54, 1.807) is 0 Å². The molecule has 0 radical (unpaired) electrons. The first-order valence-corrected chi connectivity index (χ1v) is 9.71. The van der Waals surface area contributed by atoms with Crippen molar-refractivity contribution in [1.29, 1.82) is 0 Å². The summed E-state index contributed by atoms with van der Waals surface area (Å²) < 4.78 is 65.4. The zero-order valence-electron chi connectivity index (χ0n) is 17.4. The number of rotatable bonds is 7. The van der Waals surface area contributed by atoms with Crippen LogP contribution >= 0.6 is 0 Å². The molecule has 0 bridgehead atoms. The van der Waals surface area contributed by atoms with E-state index in [0.717, 1.165) is 30.6 Å². The van der Waals surface area contributed by atoms with Gasteiger partial charge >= 0.3 is 0 Å². The number of carbonyl (C=O) groups excluding carboxylic acids is 2. The van der Waals surface area contributed by atoms with Gasteiger partial charge < -0.3 is 20.5 Å². The van der Waals surface area contributed by atoms with E-state index in [-0.39, 0.29) is 41.4 Å². The van der Waals surface area contributed by atoms with Crippen LogP contribution in [0.1, 0.15) is 24.6 Å². The van der Waals surface area contributed by atoms with Gasteiger partial charge in [0.2, 0.25) is 5.78 Å². The molecule has 33 heavy (non-hydrogen) atoms. The van der Waals surface area contributed by atoms with Crippen LogP contribution in [0.25, 0.3) is 11.3 Å². The summed E-state index contributed by atoms with van der Waals surface area (Å²) >= 11 is 0. The predicted octanol–water partition coefficient (Wildman–Crippen LogP) is 2.91. The molecule has 8 nitrogen and oxygen atoms in total. The lowest BCUT2D eigenvalue weighted by atomic mass is 10.00. The summed E-state index contributed by atoms with van der Waals surface area (Å²) in [5, 5.41) is 2.28. The Morgan fingerprint density at radius 2 is 2.09 bits per heavy atom. The normalized spacial score (nSPS) is 18.1. The van der Waals surface area contributed by atoms with Gasteiger partial charge in [-0.1, -0.05) is 0 Å². The van der Waals surface area contributed by atoms with Crippen LogP contribution in [0, 0.1) is 11.6 Å². The summed E-state index contributed by atoms with van der Waals surface area (Å²) in [6, 6.07) is 2.58. The topological polar surface area (TPSA) is 116 Å². The molecular weight excluding hydrogens is 448 g/mol. The number of carbonyl (C=O) groups is 2. The molecule has 2 aromatic rings. The van der Waals surface area contributed by atoms with Crippen LogP contribution in [0.4, 0.5) is 23.2 Å². The smallest absolute Gasteiger partial charge is 0.296 e. The van der Waals surface area contributed by atoms with Crippen molar-refractivity contribution in [2.75, 3.05) is 25.6 Å². The first-order chi connectivity index (χ1) is 15.6. The van der Waals surface area contributed by atoms with Gasteiger partial charge in [-0.25, -0.2) is 27.5 Å². The second kappa shape index (κ2) is 10.0. The Morgan fingerprint density at radius 3 is 2.76 bits per heavy atom. The van der Waals surface area contributed by atoms with Crippen LogP contribution in [-0.2, 0) is 19.1 Å². The summed E-state index contributed by atoms with van der Waals surface area (Å²) in [6.07, 6.45) is 0.129. The van der Waals surface area contributed by atoms with Crippen molar-refractivity contribution in [3.05, 3.63) is 53.6 Å². The van der Waals surface area contributed by atoms with E-state index >= 15 is 0 Å². The van der Waals surface area contributed by atoms with Gasteiger partial charge in [0.25, 0.3) is 11.8 Å². The number of amides is 1. The van der Waals surface area contributed by atoms with Crippen LogP contribution < -0.4 is 11.1 Å². The highest BCUT2D eigenvalue weighted by atomic mass is 19.3. The molecule has 3 rings (SSSR count). The Hall–Kier alpha value is -3.38. The van der Waals surface area contributed by atoms with Gasteiger partial charge in [0.15, 0.2) is 0 Å². The van der Waals surface area contributed by atoms with Gasteiger partial charge in [0.1, 0.15) is 36.4 Å². The number of ketones is 1. The standard InChI is InChI=1S/C21H20F4N4O4/c1-32-8-12(26)7-15(30)20(31)29-19-17(13-6-11(22)2-3-14(13)23)27-10-28-18(19)16-4-5-21(24,25)9-33-16/h2-3,6-7,10,16H,4-5,8-9,26H2,1H3,(H,29,31)/b12-7-. The molecule has 0 aliphatic carbocycles. The number of halogens is 4. The third-order valence-electron chi connectivity index (χ3n) is 4.72. The Morgan fingerprint density at radius 1 is 1.33 bits per heavy atom. The van der Waals surface area contributed by atoms with Gasteiger partial charge in [-0.05, 0) is 24.6 Å². The van der Waals surface area contributed by atoms with Crippen LogP contribution in [0.15, 0.2) is 36.3 Å². The molecule has 1 saturated heterocycles. The fourth-order valence-corrected chi connectivity index (χ4v) is 3.20. The number of methoxy groups -OCH3 is 1. The molecule has 1 aromatic carbocycles. The zero-order valence-corrected chi connectivity index (χ0v) is 17.4. The van der Waals surface area contributed by atoms with E-state index in [1.165, 1.54) is 7.11 Å². The van der Waals surface area contributed by atoms with Crippen molar-refractivity contribution in [2.45, 2.75) is 24.9 Å². The maximum atomic E-state index is 14.5. The highest BCUT2D eigenvalue weighted by Gasteiger charge is 2.38. The van der Waals surface area contributed by atoms with E-state index in [1.807, 2.05) is 0 Å². The monoisotopic (exact) mass is 468 g/mol. The first-order valence-electron chi connectivity index (χ1n) is 9.71. The van der Waals surface area contributed by atoms with Gasteiger partial charge in [-0.15, -0.1) is 0 Å². The number of anilines is 1. The molecule has 3 N–H and O–H groups in total. The minimum atomic E-state index is -3.04. The van der Waals surface area contributed by atoms with E-state index in [0.29, 0.717) is 0 Å². The Labute approximate surface area is 185 Å². The Bertz CT molecular complexity index is 1080. The van der Waals surface area contributed by atoms with Gasteiger partial charge in [0, 0.05) is 30.9 Å². The molecule has 0 spiro atoms. The number of nitrogens with zero attached hydrogens (tertiary/aromatic N) is 2. The molecule has 12 heteroatoms. The number of hydrogen-bond acceptors (Lipinski definition) is 7. The number of alkyl halides is 2. The van der Waals surface area contributed by atoms with Gasteiger partial charge in [-0.2, -0.15) is 0 Å². The largest absolute Gasteiger partial charge is 0.400 e. The van der Waals surface area contributed by atoms with Crippen molar-refractivity contribution in [2.24, 2.45) is 5.73 Å². The molecule has 1 unspecified atom stereocenters. The summed E-state index contributed by atoms with van der Waals surface area (Å²) in [5.41, 5.74) is 4.62. The summed E-state index contributed by atoms with van der Waals surface area (Å²) in [7, 11) is 1.34. The molecule has 1 amide bonds. The number of benzene rings is 1. The number of aromatic nitrogens is 2. The highest BCUT2D eigenvalue weighted by molar-refractivity contribution is 6.45. The number of hydrogen-bond donors (Lipinski definition) is 2. The predicted molar refractivity (Wildman–Crippen MR) is 108 cm³/mol. The minimum Gasteiger partial charge on any atom is -0.400 e. The fraction of sp³-hybridized carbons (Fsp3) is 0.333. The lowest BCUT2D eigenvalue weighted by Gasteiger charge is -2.29. The second-order valence-corrected chi connectivity index (χ2v) is 7.27. The molecule has 2 heterocycles. The quantitative estimate of drug-likeness (QED) is 0.365. The SMILES string of the molecule is COC/C(N)=C/C(=O)C(=O)Nc1c(-c2cc(F)ccc2F)ncnc1C1CCC(F)(F)CO1.